The normalized spacial score (nSPS) is 11.2. The van der Waals surface area contributed by atoms with Gasteiger partial charge in [-0.3, -0.25) is 0 Å². The Hall–Kier alpha value is -2.01. The van der Waals surface area contributed by atoms with Gasteiger partial charge < -0.3 is 15.9 Å². The van der Waals surface area contributed by atoms with E-state index < -0.39 is 0 Å². The number of aryl methyl sites for hydroxylation is 1. The summed E-state index contributed by atoms with van der Waals surface area (Å²) in [6, 6.07) is 7.76. The van der Waals surface area contributed by atoms with E-state index in [1.807, 2.05) is 25.1 Å². The minimum atomic E-state index is 0.525. The average molecular weight is 346 g/mol. The van der Waals surface area contributed by atoms with Gasteiger partial charge in [-0.1, -0.05) is 6.92 Å². The van der Waals surface area contributed by atoms with Gasteiger partial charge in [0, 0.05) is 16.9 Å². The Morgan fingerprint density at radius 3 is 2.43 bits per heavy atom. The molecular weight excluding hydrogens is 330 g/mol. The van der Waals surface area contributed by atoms with Crippen LogP contribution in [0.1, 0.15) is 18.1 Å². The van der Waals surface area contributed by atoms with Crippen LogP contribution in [-0.2, 0) is 6.42 Å². The summed E-state index contributed by atoms with van der Waals surface area (Å²) in [5, 5.41) is 0. The number of oxazole rings is 1. The summed E-state index contributed by atoms with van der Waals surface area (Å²) < 4.78 is 6.77. The van der Waals surface area contributed by atoms with Crippen LogP contribution in [-0.4, -0.2) is 4.98 Å². The van der Waals surface area contributed by atoms with Crippen LogP contribution in [0.2, 0.25) is 0 Å². The Balaban J connectivity index is 2.19. The molecule has 2 aromatic carbocycles. The number of hydrogen-bond acceptors (Lipinski definition) is 4. The largest absolute Gasteiger partial charge is 0.435 e. The highest BCUT2D eigenvalue weighted by Gasteiger charge is 2.13. The lowest BCUT2D eigenvalue weighted by Gasteiger charge is -2.05. The molecule has 0 atom stereocenters. The molecule has 1 heterocycles. The minimum Gasteiger partial charge on any atom is -0.435 e. The number of nitrogens with zero attached hydrogens (tertiary/aromatic N) is 1. The van der Waals surface area contributed by atoms with Crippen LogP contribution < -0.4 is 11.5 Å². The fourth-order valence-corrected chi connectivity index (χ4v) is 2.84. The molecule has 4 N–H and O–H groups in total. The van der Waals surface area contributed by atoms with E-state index in [1.54, 1.807) is 0 Å². The maximum atomic E-state index is 5.97. The van der Waals surface area contributed by atoms with Crippen LogP contribution in [0.15, 0.2) is 33.2 Å². The maximum absolute atomic E-state index is 5.97. The summed E-state index contributed by atoms with van der Waals surface area (Å²) in [5.41, 5.74) is 17.7. The second-order valence-corrected chi connectivity index (χ2v) is 5.93. The first-order valence-corrected chi connectivity index (χ1v) is 7.53. The Morgan fingerprint density at radius 1 is 1.14 bits per heavy atom. The van der Waals surface area contributed by atoms with Gasteiger partial charge in [0.05, 0.1) is 4.47 Å². The van der Waals surface area contributed by atoms with E-state index >= 15 is 0 Å². The van der Waals surface area contributed by atoms with Crippen LogP contribution in [0.5, 0.6) is 0 Å². The summed E-state index contributed by atoms with van der Waals surface area (Å²) in [4.78, 5) is 4.56. The number of nitrogen functional groups attached to an aromatic ring is 2. The van der Waals surface area contributed by atoms with Crippen molar-refractivity contribution in [2.45, 2.75) is 20.3 Å². The van der Waals surface area contributed by atoms with Gasteiger partial charge in [-0.25, -0.2) is 4.98 Å². The molecule has 0 aliphatic rings. The summed E-state index contributed by atoms with van der Waals surface area (Å²) in [7, 11) is 0. The molecule has 0 bridgehead atoms. The molecule has 0 aliphatic carbocycles. The number of fused-ring (bicyclic) bond motifs is 1. The number of aromatic nitrogens is 1. The maximum Gasteiger partial charge on any atom is 0.227 e. The van der Waals surface area contributed by atoms with Gasteiger partial charge in [0.25, 0.3) is 0 Å². The van der Waals surface area contributed by atoms with Crippen LogP contribution >= 0.6 is 15.9 Å². The highest BCUT2D eigenvalue weighted by molar-refractivity contribution is 9.10. The van der Waals surface area contributed by atoms with Crippen LogP contribution in [0, 0.1) is 6.92 Å². The topological polar surface area (TPSA) is 78.1 Å². The van der Waals surface area contributed by atoms with E-state index in [4.69, 9.17) is 15.9 Å². The highest BCUT2D eigenvalue weighted by atomic mass is 79.9. The number of rotatable bonds is 2. The van der Waals surface area contributed by atoms with Gasteiger partial charge in [0.15, 0.2) is 5.58 Å². The van der Waals surface area contributed by atoms with Crippen molar-refractivity contribution in [3.8, 4) is 11.5 Å². The lowest BCUT2D eigenvalue weighted by atomic mass is 10.1. The van der Waals surface area contributed by atoms with Crippen LogP contribution in [0.4, 0.5) is 11.4 Å². The lowest BCUT2D eigenvalue weighted by molar-refractivity contribution is 0.618. The van der Waals surface area contributed by atoms with Crippen molar-refractivity contribution in [3.05, 3.63) is 39.9 Å². The first-order valence-electron chi connectivity index (χ1n) is 6.74. The standard InChI is InChI=1S/C16H16BrN3O/c1-3-9-4-11(17)15-14(5-9)20-16(21-15)10-6-12(18)8(2)13(19)7-10/h4-7H,3,18-19H2,1-2H3. The van der Waals surface area contributed by atoms with Gasteiger partial charge in [-0.15, -0.1) is 0 Å². The van der Waals surface area contributed by atoms with Gasteiger partial charge >= 0.3 is 0 Å². The van der Waals surface area contributed by atoms with E-state index in [0.717, 1.165) is 33.1 Å². The predicted molar refractivity (Wildman–Crippen MR) is 90.1 cm³/mol. The zero-order chi connectivity index (χ0) is 15.1. The molecule has 0 fully saturated rings. The summed E-state index contributed by atoms with van der Waals surface area (Å²) in [6.45, 7) is 4.00. The van der Waals surface area contributed by atoms with Crippen molar-refractivity contribution >= 4 is 38.4 Å². The predicted octanol–water partition coefficient (Wildman–Crippen LogP) is 4.29. The molecule has 5 heteroatoms. The zero-order valence-electron chi connectivity index (χ0n) is 11.9. The van der Waals surface area contributed by atoms with E-state index in [1.165, 1.54) is 5.56 Å². The van der Waals surface area contributed by atoms with Gasteiger partial charge in [0.1, 0.15) is 5.52 Å². The molecule has 0 saturated carbocycles. The third-order valence-corrected chi connectivity index (χ3v) is 4.24. The average Bonchev–Trinajstić information content (AvgIpc) is 2.88. The number of nitrogens with two attached hydrogens (primary N) is 2. The summed E-state index contributed by atoms with van der Waals surface area (Å²) in [6.07, 6.45) is 0.946. The molecule has 1 aromatic heterocycles. The van der Waals surface area contributed by atoms with Crippen molar-refractivity contribution in [3.63, 3.8) is 0 Å². The second kappa shape index (κ2) is 5.07. The summed E-state index contributed by atoms with van der Waals surface area (Å²) >= 11 is 3.53. The van der Waals surface area contributed by atoms with Crippen LogP contribution in [0.25, 0.3) is 22.6 Å². The molecule has 0 amide bonds. The molecule has 108 valence electrons. The number of anilines is 2. The minimum absolute atomic E-state index is 0.525. The third-order valence-electron chi connectivity index (χ3n) is 3.65. The number of benzene rings is 2. The smallest absolute Gasteiger partial charge is 0.227 e. The Labute approximate surface area is 131 Å². The highest BCUT2D eigenvalue weighted by Crippen LogP contribution is 2.33. The van der Waals surface area contributed by atoms with Gasteiger partial charge in [-0.2, -0.15) is 0 Å². The molecule has 3 aromatic rings. The second-order valence-electron chi connectivity index (χ2n) is 5.08. The monoisotopic (exact) mass is 345 g/mol. The molecular formula is C16H16BrN3O. The molecule has 0 spiro atoms. The molecule has 21 heavy (non-hydrogen) atoms. The lowest BCUT2D eigenvalue weighted by Crippen LogP contribution is -1.96. The van der Waals surface area contributed by atoms with Crippen molar-refractivity contribution in [1.82, 2.24) is 4.98 Å². The Kier molecular flexibility index (Phi) is 3.37. The fourth-order valence-electron chi connectivity index (χ4n) is 2.26. The Bertz CT molecular complexity index is 816. The quantitative estimate of drug-likeness (QED) is 0.679. The first-order chi connectivity index (χ1) is 9.99. The van der Waals surface area contributed by atoms with Crippen molar-refractivity contribution in [2.24, 2.45) is 0 Å². The molecule has 0 aliphatic heterocycles. The van der Waals surface area contributed by atoms with Crippen molar-refractivity contribution < 1.29 is 4.42 Å². The summed E-state index contributed by atoms with van der Waals surface area (Å²) in [5.74, 6) is 0.525. The molecule has 4 nitrogen and oxygen atoms in total. The Morgan fingerprint density at radius 2 is 1.81 bits per heavy atom. The zero-order valence-corrected chi connectivity index (χ0v) is 13.5. The van der Waals surface area contributed by atoms with E-state index in [0.29, 0.717) is 17.3 Å². The van der Waals surface area contributed by atoms with Gasteiger partial charge in [0.2, 0.25) is 5.89 Å². The molecule has 0 unspecified atom stereocenters. The molecule has 0 radical (unpaired) electrons. The number of hydrogen-bond donors (Lipinski definition) is 2. The van der Waals surface area contributed by atoms with E-state index in [2.05, 4.69) is 33.9 Å². The third kappa shape index (κ3) is 2.38. The molecule has 0 saturated heterocycles. The number of halogens is 1. The van der Waals surface area contributed by atoms with Crippen molar-refractivity contribution in [1.29, 1.82) is 0 Å². The van der Waals surface area contributed by atoms with Crippen LogP contribution in [0.3, 0.4) is 0 Å². The fraction of sp³-hybridized carbons (Fsp3) is 0.188. The van der Waals surface area contributed by atoms with E-state index in [9.17, 15) is 0 Å². The molecule has 3 rings (SSSR count). The van der Waals surface area contributed by atoms with E-state index in [-0.39, 0.29) is 0 Å². The van der Waals surface area contributed by atoms with Crippen molar-refractivity contribution in [2.75, 3.05) is 11.5 Å². The van der Waals surface area contributed by atoms with Gasteiger partial charge in [-0.05, 0) is 64.7 Å². The first kappa shape index (κ1) is 13.9. The SMILES string of the molecule is CCc1cc(Br)c2oc(-c3cc(N)c(C)c(N)c3)nc2c1.